The summed E-state index contributed by atoms with van der Waals surface area (Å²) < 4.78 is -1.58. The zero-order valence-electron chi connectivity index (χ0n) is 17.2. The maximum atomic E-state index is 13.1. The lowest BCUT2D eigenvalue weighted by atomic mass is 9.73. The number of benzene rings is 2. The second-order valence-electron chi connectivity index (χ2n) is 8.39. The van der Waals surface area contributed by atoms with E-state index in [0.29, 0.717) is 16.0 Å². The van der Waals surface area contributed by atoms with Crippen molar-refractivity contribution in [2.45, 2.75) is 37.1 Å². The van der Waals surface area contributed by atoms with E-state index in [9.17, 15) is 4.79 Å². The lowest BCUT2D eigenvalue weighted by molar-refractivity contribution is -0.134. The molecule has 0 aromatic heterocycles. The molecule has 0 N–H and O–H groups in total. The van der Waals surface area contributed by atoms with Gasteiger partial charge in [-0.25, -0.2) is 5.01 Å². The van der Waals surface area contributed by atoms with E-state index < -0.39 is 10.2 Å². The first-order valence-corrected chi connectivity index (χ1v) is 11.7. The minimum absolute atomic E-state index is 0.0445. The Balaban J connectivity index is 1.80. The van der Waals surface area contributed by atoms with E-state index in [1.54, 1.807) is 0 Å². The predicted octanol–water partition coefficient (Wildman–Crippen LogP) is 7.56. The van der Waals surface area contributed by atoms with Gasteiger partial charge in [0.25, 0.3) is 5.91 Å². The van der Waals surface area contributed by atoms with Crippen LogP contribution < -0.4 is 0 Å². The normalized spacial score (nSPS) is 24.8. The molecule has 162 valence electrons. The molecule has 1 heterocycles. The Morgan fingerprint density at radius 2 is 1.65 bits per heavy atom. The number of hydrogen-bond acceptors (Lipinski definition) is 2. The fraction of sp³-hybridized carbons (Fsp3) is 0.333. The lowest BCUT2D eigenvalue weighted by Crippen LogP contribution is -2.39. The number of halogens is 4. The average molecular weight is 496 g/mol. The molecule has 7 heteroatoms. The highest BCUT2D eigenvalue weighted by Gasteiger charge is 2.48. The van der Waals surface area contributed by atoms with E-state index in [1.807, 2.05) is 48.5 Å². The van der Waals surface area contributed by atoms with E-state index in [2.05, 4.69) is 13.0 Å². The summed E-state index contributed by atoms with van der Waals surface area (Å²) >= 11 is 24.6. The fourth-order valence-electron chi connectivity index (χ4n) is 4.41. The number of carbonyl (C=O) groups excluding carboxylic acids is 1. The van der Waals surface area contributed by atoms with Gasteiger partial charge in [-0.1, -0.05) is 77.6 Å². The molecular formula is C24H22Cl4N2O. The van der Waals surface area contributed by atoms with Crippen LogP contribution in [0, 0.1) is 11.8 Å². The van der Waals surface area contributed by atoms with Crippen LogP contribution in [0.15, 0.2) is 59.2 Å². The van der Waals surface area contributed by atoms with E-state index in [-0.39, 0.29) is 12.0 Å². The van der Waals surface area contributed by atoms with E-state index >= 15 is 0 Å². The summed E-state index contributed by atoms with van der Waals surface area (Å²) in [6.45, 7) is 3.70. The van der Waals surface area contributed by atoms with Gasteiger partial charge in [-0.2, -0.15) is 5.10 Å². The van der Waals surface area contributed by atoms with Gasteiger partial charge in [-0.3, -0.25) is 4.79 Å². The number of hydrazone groups is 1. The van der Waals surface area contributed by atoms with Crippen molar-refractivity contribution in [3.8, 4) is 0 Å². The number of fused-ring (bicyclic) bond motifs is 1. The summed E-state index contributed by atoms with van der Waals surface area (Å²) in [5.41, 5.74) is 4.03. The molecule has 2 aromatic carbocycles. The molecular weight excluding hydrogens is 474 g/mol. The van der Waals surface area contributed by atoms with E-state index in [1.165, 1.54) is 11.9 Å². The van der Waals surface area contributed by atoms with Crippen molar-refractivity contribution < 1.29 is 4.79 Å². The molecule has 0 spiro atoms. The summed E-state index contributed by atoms with van der Waals surface area (Å²) in [4.78, 5) is 13.1. The number of rotatable bonds is 3. The molecule has 1 fully saturated rings. The first-order chi connectivity index (χ1) is 14.6. The van der Waals surface area contributed by atoms with E-state index in [4.69, 9.17) is 51.5 Å². The van der Waals surface area contributed by atoms with Crippen LogP contribution in [0.4, 0.5) is 0 Å². The molecule has 0 radical (unpaired) electrons. The Morgan fingerprint density at radius 1 is 1.06 bits per heavy atom. The molecule has 1 saturated carbocycles. The zero-order chi connectivity index (χ0) is 22.3. The maximum absolute atomic E-state index is 13.1. The van der Waals surface area contributed by atoms with E-state index in [0.717, 1.165) is 35.3 Å². The van der Waals surface area contributed by atoms with Gasteiger partial charge in [0, 0.05) is 16.0 Å². The summed E-state index contributed by atoms with van der Waals surface area (Å²) in [5, 5.41) is 7.59. The van der Waals surface area contributed by atoms with Crippen LogP contribution in [0.25, 0.3) is 6.08 Å². The molecule has 3 atom stereocenters. The van der Waals surface area contributed by atoms with Crippen LogP contribution in [-0.2, 0) is 4.79 Å². The number of allylic oxidation sites excluding steroid dienone is 1. The smallest absolute Gasteiger partial charge is 0.269 e. The van der Waals surface area contributed by atoms with Crippen LogP contribution in [0.2, 0.25) is 10.0 Å². The standard InChI is InChI=1S/C24H22Cl4N2O/c1-14-11-17(13-15-3-7-18(25)8-4-15)21-20(12-14)22(16-5-9-19(26)10-6-16)30(29-21)23(31)24(2,27)28/h3-10,13-14,20,22H,11-12H2,1-2H3/b17-13+/t14-,20+,22-/m1/s1. The Morgan fingerprint density at radius 3 is 2.23 bits per heavy atom. The lowest BCUT2D eigenvalue weighted by Gasteiger charge is -2.33. The Hall–Kier alpha value is -1.52. The third-order valence-electron chi connectivity index (χ3n) is 5.77. The third kappa shape index (κ3) is 4.80. The van der Waals surface area contributed by atoms with Crippen molar-refractivity contribution in [1.82, 2.24) is 5.01 Å². The van der Waals surface area contributed by atoms with Gasteiger partial charge >= 0.3 is 0 Å². The largest absolute Gasteiger partial charge is 0.279 e. The molecule has 0 bridgehead atoms. The van der Waals surface area contributed by atoms with Crippen molar-refractivity contribution in [2.24, 2.45) is 16.9 Å². The number of nitrogens with zero attached hydrogens (tertiary/aromatic N) is 2. The molecule has 3 nitrogen and oxygen atoms in total. The second-order valence-corrected chi connectivity index (χ2v) is 11.0. The summed E-state index contributed by atoms with van der Waals surface area (Å²) in [6.07, 6.45) is 3.92. The summed E-state index contributed by atoms with van der Waals surface area (Å²) in [6, 6.07) is 14.9. The topological polar surface area (TPSA) is 32.7 Å². The zero-order valence-corrected chi connectivity index (χ0v) is 20.2. The molecule has 0 saturated heterocycles. The molecule has 0 unspecified atom stereocenters. The highest BCUT2D eigenvalue weighted by atomic mass is 35.5. The minimum Gasteiger partial charge on any atom is -0.269 e. The van der Waals surface area contributed by atoms with Crippen molar-refractivity contribution in [2.75, 3.05) is 0 Å². The van der Waals surface area contributed by atoms with Crippen LogP contribution in [0.5, 0.6) is 0 Å². The fourth-order valence-corrected chi connectivity index (χ4v) is 4.84. The predicted molar refractivity (Wildman–Crippen MR) is 130 cm³/mol. The van der Waals surface area contributed by atoms with Crippen molar-refractivity contribution in [3.05, 3.63) is 75.3 Å². The van der Waals surface area contributed by atoms with Crippen LogP contribution in [0.1, 0.15) is 43.9 Å². The van der Waals surface area contributed by atoms with Gasteiger partial charge in [0.1, 0.15) is 0 Å². The van der Waals surface area contributed by atoms with Crippen LogP contribution in [0.3, 0.4) is 0 Å². The average Bonchev–Trinajstić information content (AvgIpc) is 3.08. The van der Waals surface area contributed by atoms with Gasteiger partial charge < -0.3 is 0 Å². The number of hydrogen-bond donors (Lipinski definition) is 0. The highest BCUT2D eigenvalue weighted by molar-refractivity contribution is 6.57. The molecule has 4 rings (SSSR count). The second kappa shape index (κ2) is 8.78. The number of carbonyl (C=O) groups is 1. The molecule has 1 aliphatic carbocycles. The van der Waals surface area contributed by atoms with Crippen molar-refractivity contribution in [1.29, 1.82) is 0 Å². The van der Waals surface area contributed by atoms with Crippen molar-refractivity contribution in [3.63, 3.8) is 0 Å². The first kappa shape index (κ1) is 22.7. The first-order valence-electron chi connectivity index (χ1n) is 10.2. The Bertz CT molecular complexity index is 1040. The Labute approximate surface area is 202 Å². The van der Waals surface area contributed by atoms with Gasteiger partial charge in [0.15, 0.2) is 4.33 Å². The minimum atomic E-state index is -1.58. The van der Waals surface area contributed by atoms with Crippen LogP contribution >= 0.6 is 46.4 Å². The summed E-state index contributed by atoms with van der Waals surface area (Å²) in [7, 11) is 0. The third-order valence-corrected chi connectivity index (χ3v) is 6.60. The van der Waals surface area contributed by atoms with Gasteiger partial charge in [-0.05, 0) is 72.7 Å². The number of alkyl halides is 2. The molecule has 2 aromatic rings. The maximum Gasteiger partial charge on any atom is 0.279 e. The number of amides is 1. The van der Waals surface area contributed by atoms with Crippen molar-refractivity contribution >= 4 is 64.1 Å². The molecule has 1 aliphatic heterocycles. The monoisotopic (exact) mass is 494 g/mol. The molecule has 31 heavy (non-hydrogen) atoms. The summed E-state index contributed by atoms with van der Waals surface area (Å²) in [5.74, 6) is 0.0463. The molecule has 2 aliphatic rings. The van der Waals surface area contributed by atoms with Gasteiger partial charge in [-0.15, -0.1) is 0 Å². The van der Waals surface area contributed by atoms with Gasteiger partial charge in [0.2, 0.25) is 0 Å². The SMILES string of the molecule is C[C@@H]1C/C(=C\c2ccc(Cl)cc2)C2=NN(C(=O)C(C)(Cl)Cl)[C@H](c3ccc(Cl)cc3)[C@H]2C1. The highest BCUT2D eigenvalue weighted by Crippen LogP contribution is 2.47. The van der Waals surface area contributed by atoms with Gasteiger partial charge in [0.05, 0.1) is 11.8 Å². The quantitative estimate of drug-likeness (QED) is 0.404. The molecule has 1 amide bonds. The van der Waals surface area contributed by atoms with Crippen LogP contribution in [-0.4, -0.2) is 21.0 Å². The Kier molecular flexibility index (Phi) is 6.42.